The fourth-order valence-electron chi connectivity index (χ4n) is 4.72. The molecule has 1 aliphatic heterocycles. The van der Waals surface area contributed by atoms with Gasteiger partial charge in [-0.05, 0) is 49.8 Å². The minimum Gasteiger partial charge on any atom is -0.323 e. The number of rotatable bonds is 11. The van der Waals surface area contributed by atoms with E-state index in [4.69, 9.17) is 0 Å². The van der Waals surface area contributed by atoms with Gasteiger partial charge >= 0.3 is 0 Å². The molecule has 202 valence electrons. The van der Waals surface area contributed by atoms with Crippen LogP contribution in [0.15, 0.2) is 36.7 Å². The fourth-order valence-corrected chi connectivity index (χ4v) is 6.78. The highest BCUT2D eigenvalue weighted by molar-refractivity contribution is 7.90. The van der Waals surface area contributed by atoms with E-state index in [0.717, 1.165) is 11.8 Å². The molecule has 37 heavy (non-hydrogen) atoms. The normalized spacial score (nSPS) is 19.6. The molecule has 0 radical (unpaired) electrons. The lowest BCUT2D eigenvalue weighted by Crippen LogP contribution is -2.54. The van der Waals surface area contributed by atoms with E-state index in [0.29, 0.717) is 50.9 Å². The summed E-state index contributed by atoms with van der Waals surface area (Å²) >= 11 is 0. The Morgan fingerprint density at radius 3 is 2.59 bits per heavy atom. The molecule has 1 aromatic carbocycles. The van der Waals surface area contributed by atoms with E-state index >= 15 is 0 Å². The summed E-state index contributed by atoms with van der Waals surface area (Å²) in [6.07, 6.45) is 4.88. The number of halogens is 2. The van der Waals surface area contributed by atoms with Crippen molar-refractivity contribution in [2.24, 2.45) is 0 Å². The highest BCUT2D eigenvalue weighted by Gasteiger charge is 2.43. The Morgan fingerprint density at radius 2 is 1.92 bits per heavy atom. The molecular weight excluding hydrogens is 500 g/mol. The van der Waals surface area contributed by atoms with Crippen LogP contribution in [0.25, 0.3) is 0 Å². The molecule has 1 saturated carbocycles. The second-order valence-electron chi connectivity index (χ2n) is 10.1. The summed E-state index contributed by atoms with van der Waals surface area (Å²) in [5.41, 5.74) is 1.34. The molecule has 1 amide bonds. The van der Waals surface area contributed by atoms with Gasteiger partial charge in [0.2, 0.25) is 15.9 Å². The van der Waals surface area contributed by atoms with Crippen molar-refractivity contribution in [3.8, 4) is 0 Å². The quantitative estimate of drug-likeness (QED) is 0.409. The van der Waals surface area contributed by atoms with E-state index < -0.39 is 21.9 Å². The Kier molecular flexibility index (Phi) is 8.89. The number of aromatic nitrogens is 1. The Bertz CT molecular complexity index is 1190. The second-order valence-corrected chi connectivity index (χ2v) is 12.3. The zero-order valence-corrected chi connectivity index (χ0v) is 22.0. The van der Waals surface area contributed by atoms with Crippen molar-refractivity contribution < 1.29 is 22.0 Å². The SMILES string of the molecule is CC(C)N[C@@H](Cc1ccc(F)cc1)C(=O)Nc1cncc(F)c1CC[C@H]1CNCCN1S(=O)(=O)C1CC1. The maximum Gasteiger partial charge on any atom is 0.241 e. The summed E-state index contributed by atoms with van der Waals surface area (Å²) in [7, 11) is -3.35. The summed E-state index contributed by atoms with van der Waals surface area (Å²) < 4.78 is 55.6. The molecule has 11 heteroatoms. The lowest BCUT2D eigenvalue weighted by molar-refractivity contribution is -0.118. The predicted octanol–water partition coefficient (Wildman–Crippen LogP) is 2.61. The van der Waals surface area contributed by atoms with Gasteiger partial charge in [0.05, 0.1) is 29.4 Å². The summed E-state index contributed by atoms with van der Waals surface area (Å²) in [6.45, 7) is 5.32. The number of hydrogen-bond acceptors (Lipinski definition) is 6. The molecule has 0 bridgehead atoms. The third-order valence-corrected chi connectivity index (χ3v) is 9.21. The van der Waals surface area contributed by atoms with E-state index in [1.807, 2.05) is 13.8 Å². The number of nitrogens with zero attached hydrogens (tertiary/aromatic N) is 2. The van der Waals surface area contributed by atoms with E-state index in [2.05, 4.69) is 20.9 Å². The van der Waals surface area contributed by atoms with Crippen molar-refractivity contribution in [2.75, 3.05) is 25.0 Å². The summed E-state index contributed by atoms with van der Waals surface area (Å²) in [4.78, 5) is 17.2. The van der Waals surface area contributed by atoms with Crippen LogP contribution < -0.4 is 16.0 Å². The molecule has 2 heterocycles. The van der Waals surface area contributed by atoms with Gasteiger partial charge < -0.3 is 16.0 Å². The van der Waals surface area contributed by atoms with Crippen LogP contribution in [-0.4, -0.2) is 66.6 Å². The maximum atomic E-state index is 14.9. The number of nitrogens with one attached hydrogen (secondary N) is 3. The molecule has 2 aliphatic rings. The van der Waals surface area contributed by atoms with Gasteiger partial charge in [0.25, 0.3) is 0 Å². The molecule has 2 atom stereocenters. The highest BCUT2D eigenvalue weighted by atomic mass is 32.2. The third kappa shape index (κ3) is 7.10. The van der Waals surface area contributed by atoms with Crippen LogP contribution in [-0.2, 0) is 27.7 Å². The Balaban J connectivity index is 1.48. The van der Waals surface area contributed by atoms with Crippen molar-refractivity contribution in [3.63, 3.8) is 0 Å². The summed E-state index contributed by atoms with van der Waals surface area (Å²) in [5.74, 6) is -1.26. The number of benzene rings is 1. The molecule has 1 aliphatic carbocycles. The van der Waals surface area contributed by atoms with Gasteiger partial charge in [-0.2, -0.15) is 4.31 Å². The Hall–Kier alpha value is -2.47. The molecular formula is C26H35F2N5O3S. The van der Waals surface area contributed by atoms with Gasteiger partial charge in [-0.1, -0.05) is 26.0 Å². The van der Waals surface area contributed by atoms with Crippen LogP contribution in [0.4, 0.5) is 14.5 Å². The van der Waals surface area contributed by atoms with E-state index in [9.17, 15) is 22.0 Å². The predicted molar refractivity (Wildman–Crippen MR) is 139 cm³/mol. The van der Waals surface area contributed by atoms with Crippen LogP contribution in [0.5, 0.6) is 0 Å². The van der Waals surface area contributed by atoms with Crippen LogP contribution in [0.1, 0.15) is 44.2 Å². The van der Waals surface area contributed by atoms with Crippen molar-refractivity contribution >= 4 is 21.6 Å². The minimum absolute atomic E-state index is 0.000459. The smallest absolute Gasteiger partial charge is 0.241 e. The van der Waals surface area contributed by atoms with Gasteiger partial charge in [-0.15, -0.1) is 0 Å². The Labute approximate surface area is 217 Å². The fraction of sp³-hybridized carbons (Fsp3) is 0.538. The first kappa shape index (κ1) is 27.6. The first-order valence-corrected chi connectivity index (χ1v) is 14.3. The van der Waals surface area contributed by atoms with Gasteiger partial charge in [0.15, 0.2) is 0 Å². The number of anilines is 1. The first-order chi connectivity index (χ1) is 17.6. The van der Waals surface area contributed by atoms with Crippen molar-refractivity contribution in [2.45, 2.75) is 69.3 Å². The summed E-state index contributed by atoms with van der Waals surface area (Å²) in [6, 6.07) is 5.04. The number of hydrogen-bond donors (Lipinski definition) is 3. The molecule has 2 aromatic rings. The second kappa shape index (κ2) is 11.9. The standard InChI is InChI=1S/C26H35F2N5O3S/c1-17(2)31-24(13-18-3-5-19(27)6-4-18)26(34)32-25-16-30-15-23(28)22(25)10-7-20-14-29-11-12-33(20)37(35,36)21-8-9-21/h3-6,15-17,20-21,24,29,31H,7-14H2,1-2H3,(H,32,34)/t20-,24-/m0/s1. The lowest BCUT2D eigenvalue weighted by atomic mass is 10.0. The topological polar surface area (TPSA) is 103 Å². The average molecular weight is 536 g/mol. The minimum atomic E-state index is -3.35. The van der Waals surface area contributed by atoms with E-state index in [-0.39, 0.29) is 41.2 Å². The highest BCUT2D eigenvalue weighted by Crippen LogP contribution is 2.33. The average Bonchev–Trinajstić information content (AvgIpc) is 3.71. The van der Waals surface area contributed by atoms with Crippen molar-refractivity contribution in [1.29, 1.82) is 0 Å². The van der Waals surface area contributed by atoms with Gasteiger partial charge in [0.1, 0.15) is 11.6 Å². The molecule has 0 unspecified atom stereocenters. The molecule has 2 fully saturated rings. The number of carbonyl (C=O) groups excluding carboxylic acids is 1. The number of carbonyl (C=O) groups is 1. The number of piperazine rings is 1. The Morgan fingerprint density at radius 1 is 1.19 bits per heavy atom. The van der Waals surface area contributed by atoms with E-state index in [1.165, 1.54) is 18.3 Å². The molecule has 1 saturated heterocycles. The van der Waals surface area contributed by atoms with Crippen LogP contribution in [0, 0.1) is 11.6 Å². The van der Waals surface area contributed by atoms with Crippen LogP contribution in [0.2, 0.25) is 0 Å². The van der Waals surface area contributed by atoms with Crippen molar-refractivity contribution in [3.05, 3.63) is 59.4 Å². The number of amides is 1. The number of sulfonamides is 1. The van der Waals surface area contributed by atoms with Crippen LogP contribution >= 0.6 is 0 Å². The summed E-state index contributed by atoms with van der Waals surface area (Å²) in [5, 5.41) is 8.98. The van der Waals surface area contributed by atoms with Gasteiger partial charge in [-0.25, -0.2) is 17.2 Å². The van der Waals surface area contributed by atoms with E-state index in [1.54, 1.807) is 16.4 Å². The maximum absolute atomic E-state index is 14.9. The monoisotopic (exact) mass is 535 g/mol. The molecule has 1 aromatic heterocycles. The molecule has 4 rings (SSSR count). The van der Waals surface area contributed by atoms with Gasteiger partial charge in [0, 0.05) is 37.3 Å². The lowest BCUT2D eigenvalue weighted by Gasteiger charge is -2.35. The van der Waals surface area contributed by atoms with Gasteiger partial charge in [-0.3, -0.25) is 9.78 Å². The molecule has 0 spiro atoms. The zero-order valence-electron chi connectivity index (χ0n) is 21.2. The zero-order chi connectivity index (χ0) is 26.6. The third-order valence-electron chi connectivity index (χ3n) is 6.76. The largest absolute Gasteiger partial charge is 0.323 e. The van der Waals surface area contributed by atoms with Crippen LogP contribution in [0.3, 0.4) is 0 Å². The number of pyridine rings is 1. The first-order valence-electron chi connectivity index (χ1n) is 12.8. The molecule has 8 nitrogen and oxygen atoms in total. The van der Waals surface area contributed by atoms with Crippen molar-refractivity contribution in [1.82, 2.24) is 19.9 Å². The molecule has 3 N–H and O–H groups in total.